The number of aliphatic imine (C=N–C) groups is 1. The van der Waals surface area contributed by atoms with Crippen LogP contribution in [-0.4, -0.2) is 31.8 Å². The number of hydrogen-bond donors (Lipinski definition) is 2. The van der Waals surface area contributed by atoms with Crippen LogP contribution in [0, 0.1) is 11.3 Å². The Labute approximate surface area is 117 Å². The molecule has 0 aromatic heterocycles. The van der Waals surface area contributed by atoms with E-state index in [2.05, 4.69) is 37.7 Å². The maximum atomic E-state index is 5.97. The Kier molecular flexibility index (Phi) is 5.41. The van der Waals surface area contributed by atoms with Crippen LogP contribution in [0.15, 0.2) is 17.1 Å². The van der Waals surface area contributed by atoms with Crippen LogP contribution in [0.5, 0.6) is 0 Å². The average Bonchev–Trinajstić information content (AvgIpc) is 2.39. The van der Waals surface area contributed by atoms with Crippen LogP contribution in [0.3, 0.4) is 0 Å². The van der Waals surface area contributed by atoms with Crippen LogP contribution >= 0.6 is 0 Å². The molecule has 3 unspecified atom stereocenters. The Bertz CT molecular complexity index is 347. The lowest BCUT2D eigenvalue weighted by Gasteiger charge is -2.59. The molecule has 1 aliphatic carbocycles. The van der Waals surface area contributed by atoms with Gasteiger partial charge in [0.15, 0.2) is 5.96 Å². The van der Waals surface area contributed by atoms with Crippen LogP contribution in [-0.2, 0) is 4.74 Å². The molecule has 0 radical (unpaired) electrons. The molecule has 0 aromatic carbocycles. The predicted octanol–water partition coefficient (Wildman–Crippen LogP) is 2.31. The van der Waals surface area contributed by atoms with Crippen LogP contribution in [0.25, 0.3) is 0 Å². The summed E-state index contributed by atoms with van der Waals surface area (Å²) in [5.74, 6) is 0.962. The monoisotopic (exact) mass is 267 g/mol. The molecule has 0 spiro atoms. The maximum absolute atomic E-state index is 5.97. The lowest BCUT2D eigenvalue weighted by molar-refractivity contribution is -0.163. The number of nitrogens with one attached hydrogen (secondary N) is 1. The summed E-state index contributed by atoms with van der Waals surface area (Å²) in [7, 11) is 1.80. The van der Waals surface area contributed by atoms with Crippen LogP contribution in [0.1, 0.15) is 40.5 Å². The van der Waals surface area contributed by atoms with Gasteiger partial charge in [-0.15, -0.1) is 0 Å². The lowest BCUT2D eigenvalue weighted by atomic mass is 9.53. The van der Waals surface area contributed by atoms with E-state index in [1.165, 1.54) is 0 Å². The molecule has 4 nitrogen and oxygen atoms in total. The Morgan fingerprint density at radius 1 is 1.42 bits per heavy atom. The third kappa shape index (κ3) is 2.94. The molecule has 0 heterocycles. The van der Waals surface area contributed by atoms with Gasteiger partial charge in [-0.05, 0) is 19.8 Å². The molecule has 19 heavy (non-hydrogen) atoms. The van der Waals surface area contributed by atoms with Gasteiger partial charge in [-0.1, -0.05) is 32.9 Å². The zero-order valence-electron chi connectivity index (χ0n) is 13.0. The van der Waals surface area contributed by atoms with Gasteiger partial charge in [-0.3, -0.25) is 0 Å². The van der Waals surface area contributed by atoms with Crippen molar-refractivity contribution in [3.05, 3.63) is 12.2 Å². The highest BCUT2D eigenvalue weighted by atomic mass is 16.5. The summed E-state index contributed by atoms with van der Waals surface area (Å²) in [6.45, 7) is 13.0. The van der Waals surface area contributed by atoms with E-state index in [1.807, 2.05) is 6.92 Å². The van der Waals surface area contributed by atoms with E-state index in [4.69, 9.17) is 10.5 Å². The number of methoxy groups -OCH3 is 1. The van der Waals surface area contributed by atoms with Crippen molar-refractivity contribution in [3.63, 3.8) is 0 Å². The first kappa shape index (κ1) is 16.0. The number of hydrogen-bond acceptors (Lipinski definition) is 2. The molecule has 1 aliphatic rings. The Morgan fingerprint density at radius 2 is 2.00 bits per heavy atom. The number of rotatable bonds is 6. The second-order valence-corrected chi connectivity index (χ2v) is 5.74. The summed E-state index contributed by atoms with van der Waals surface area (Å²) in [6.07, 6.45) is 2.46. The van der Waals surface area contributed by atoms with Crippen molar-refractivity contribution in [2.45, 2.75) is 52.7 Å². The molecule has 1 fully saturated rings. The summed E-state index contributed by atoms with van der Waals surface area (Å²) in [5, 5.41) is 3.39. The van der Waals surface area contributed by atoms with Gasteiger partial charge in [0.25, 0.3) is 0 Å². The predicted molar refractivity (Wildman–Crippen MR) is 81.2 cm³/mol. The molecule has 0 amide bonds. The molecule has 1 saturated carbocycles. The fourth-order valence-electron chi connectivity index (χ4n) is 3.52. The van der Waals surface area contributed by atoms with E-state index in [9.17, 15) is 0 Å². The number of nitrogens with zero attached hydrogens (tertiary/aromatic N) is 1. The van der Waals surface area contributed by atoms with Gasteiger partial charge < -0.3 is 15.8 Å². The lowest BCUT2D eigenvalue weighted by Crippen LogP contribution is -2.70. The van der Waals surface area contributed by atoms with Gasteiger partial charge in [0.2, 0.25) is 0 Å². The average molecular weight is 267 g/mol. The second kappa shape index (κ2) is 6.42. The van der Waals surface area contributed by atoms with Gasteiger partial charge in [0.05, 0.1) is 12.6 Å². The van der Waals surface area contributed by atoms with Gasteiger partial charge in [-0.2, -0.15) is 0 Å². The fourth-order valence-corrected chi connectivity index (χ4v) is 3.52. The summed E-state index contributed by atoms with van der Waals surface area (Å²) in [4.78, 5) is 4.31. The third-order valence-corrected chi connectivity index (χ3v) is 4.58. The van der Waals surface area contributed by atoms with Gasteiger partial charge in [0.1, 0.15) is 0 Å². The largest absolute Gasteiger partial charge is 0.380 e. The van der Waals surface area contributed by atoms with Gasteiger partial charge >= 0.3 is 0 Å². The molecule has 3 N–H and O–H groups in total. The Hall–Kier alpha value is -1.03. The van der Waals surface area contributed by atoms with Crippen molar-refractivity contribution in [3.8, 4) is 0 Å². The van der Waals surface area contributed by atoms with Crippen LogP contribution in [0.2, 0.25) is 0 Å². The highest BCUT2D eigenvalue weighted by Crippen LogP contribution is 2.52. The zero-order chi connectivity index (χ0) is 14.6. The van der Waals surface area contributed by atoms with E-state index < -0.39 is 0 Å². The van der Waals surface area contributed by atoms with E-state index in [-0.39, 0.29) is 5.41 Å². The normalized spacial score (nSPS) is 29.7. The fraction of sp³-hybridized carbons (Fsp3) is 0.800. The van der Waals surface area contributed by atoms with Crippen molar-refractivity contribution < 1.29 is 4.74 Å². The second-order valence-electron chi connectivity index (χ2n) is 5.74. The molecular weight excluding hydrogens is 238 g/mol. The van der Waals surface area contributed by atoms with E-state index in [0.717, 1.165) is 18.4 Å². The zero-order valence-corrected chi connectivity index (χ0v) is 13.0. The molecule has 1 rings (SSSR count). The van der Waals surface area contributed by atoms with Crippen LogP contribution < -0.4 is 11.1 Å². The van der Waals surface area contributed by atoms with Crippen LogP contribution in [0.4, 0.5) is 0 Å². The first-order valence-corrected chi connectivity index (χ1v) is 7.16. The summed E-state index contributed by atoms with van der Waals surface area (Å²) in [5.41, 5.74) is 7.15. The van der Waals surface area contributed by atoms with Crippen molar-refractivity contribution in [1.82, 2.24) is 5.32 Å². The highest BCUT2D eigenvalue weighted by Gasteiger charge is 2.58. The first-order chi connectivity index (χ1) is 8.92. The van der Waals surface area contributed by atoms with Gasteiger partial charge in [0, 0.05) is 24.5 Å². The maximum Gasteiger partial charge on any atom is 0.189 e. The molecule has 3 atom stereocenters. The highest BCUT2D eigenvalue weighted by molar-refractivity contribution is 5.78. The molecule has 0 aromatic rings. The third-order valence-electron chi connectivity index (χ3n) is 4.58. The summed E-state index contributed by atoms with van der Waals surface area (Å²) < 4.78 is 5.67. The summed E-state index contributed by atoms with van der Waals surface area (Å²) in [6, 6.07) is 0.335. The quantitative estimate of drug-likeness (QED) is 0.441. The minimum Gasteiger partial charge on any atom is -0.380 e. The minimum atomic E-state index is 0.164. The van der Waals surface area contributed by atoms with Crippen molar-refractivity contribution in [2.24, 2.45) is 22.1 Å². The molecule has 110 valence electrons. The molecular formula is C15H29N3O. The summed E-state index contributed by atoms with van der Waals surface area (Å²) >= 11 is 0. The van der Waals surface area contributed by atoms with Crippen molar-refractivity contribution >= 4 is 5.96 Å². The minimum absolute atomic E-state index is 0.164. The molecule has 0 aliphatic heterocycles. The van der Waals surface area contributed by atoms with E-state index in [1.54, 1.807) is 7.11 Å². The van der Waals surface area contributed by atoms with E-state index >= 15 is 0 Å². The topological polar surface area (TPSA) is 59.6 Å². The number of guanidine groups is 1. The SMILES string of the molecule is C=C(C)CN=C(N)NC1C(C)C(OC)C1(CC)CC. The first-order valence-electron chi connectivity index (χ1n) is 7.16. The van der Waals surface area contributed by atoms with E-state index in [0.29, 0.717) is 30.6 Å². The van der Waals surface area contributed by atoms with Gasteiger partial charge in [-0.25, -0.2) is 4.99 Å². The molecule has 0 bridgehead atoms. The van der Waals surface area contributed by atoms with Crippen molar-refractivity contribution in [2.75, 3.05) is 13.7 Å². The standard InChI is InChI=1S/C15H29N3O/c1-7-15(8-2)12(11(5)13(15)19-6)18-14(16)17-9-10(3)4/h11-13H,3,7-9H2,1-2,4-6H3,(H3,16,17,18). The molecule has 0 saturated heterocycles. The number of ether oxygens (including phenoxy) is 1. The Morgan fingerprint density at radius 3 is 2.42 bits per heavy atom. The smallest absolute Gasteiger partial charge is 0.189 e. The number of nitrogens with two attached hydrogens (primary N) is 1. The molecule has 4 heteroatoms. The van der Waals surface area contributed by atoms with Crippen molar-refractivity contribution in [1.29, 1.82) is 0 Å². The Balaban J connectivity index is 2.76.